The van der Waals surface area contributed by atoms with Crippen molar-refractivity contribution in [3.63, 3.8) is 0 Å². The van der Waals surface area contributed by atoms with Crippen molar-refractivity contribution in [2.75, 3.05) is 6.61 Å². The fourth-order valence-corrected chi connectivity index (χ4v) is 3.83. The summed E-state index contributed by atoms with van der Waals surface area (Å²) in [5.74, 6) is -0.746. The molecule has 1 heterocycles. The smallest absolute Gasteiger partial charge is 0.341 e. The quantitative estimate of drug-likeness (QED) is 0.920. The molecule has 0 radical (unpaired) electrons. The van der Waals surface area contributed by atoms with E-state index in [9.17, 15) is 9.90 Å². The number of benzene rings is 2. The van der Waals surface area contributed by atoms with Crippen LogP contribution in [-0.4, -0.2) is 22.9 Å². The van der Waals surface area contributed by atoms with Gasteiger partial charge in [0, 0.05) is 10.1 Å². The molecule has 108 valence electrons. The molecule has 5 heteroatoms. The third-order valence-electron chi connectivity index (χ3n) is 3.33. The lowest BCUT2D eigenvalue weighted by molar-refractivity contribution is 0.0692. The van der Waals surface area contributed by atoms with Gasteiger partial charge < -0.3 is 9.84 Å². The molecule has 0 aromatic heterocycles. The van der Waals surface area contributed by atoms with Gasteiger partial charge in [-0.15, -0.1) is 11.8 Å². The summed E-state index contributed by atoms with van der Waals surface area (Å²) in [6.45, 7) is 0.458. The second-order valence-electron chi connectivity index (χ2n) is 4.78. The number of ether oxygens (including phenoxy) is 1. The molecule has 0 fully saturated rings. The normalized spacial score (nSPS) is 16.5. The van der Waals surface area contributed by atoms with E-state index in [0.717, 1.165) is 6.42 Å². The highest BCUT2D eigenvalue weighted by Crippen LogP contribution is 2.37. The molecule has 1 aliphatic heterocycles. The van der Waals surface area contributed by atoms with Gasteiger partial charge in [0.15, 0.2) is 0 Å². The zero-order chi connectivity index (χ0) is 14.8. The average molecular weight is 321 g/mol. The number of hydrogen-bond donors (Lipinski definition) is 1. The molecule has 0 amide bonds. The number of carboxylic acids is 1. The Morgan fingerprint density at radius 2 is 2.10 bits per heavy atom. The van der Waals surface area contributed by atoms with Gasteiger partial charge in [0.2, 0.25) is 0 Å². The Morgan fingerprint density at radius 3 is 2.86 bits per heavy atom. The summed E-state index contributed by atoms with van der Waals surface area (Å²) in [7, 11) is 0. The van der Waals surface area contributed by atoms with Crippen LogP contribution in [0.4, 0.5) is 0 Å². The summed E-state index contributed by atoms with van der Waals surface area (Å²) in [5.41, 5.74) is 1.35. The molecule has 3 rings (SSSR count). The van der Waals surface area contributed by atoms with E-state index in [0.29, 0.717) is 17.6 Å². The Bertz CT molecular complexity index is 662. The summed E-state index contributed by atoms with van der Waals surface area (Å²) in [5, 5.41) is 9.70. The van der Waals surface area contributed by atoms with Crippen molar-refractivity contribution in [3.8, 4) is 5.75 Å². The number of fused-ring (bicyclic) bond motifs is 1. The van der Waals surface area contributed by atoms with Crippen LogP contribution in [0.15, 0.2) is 47.4 Å². The third-order valence-corrected chi connectivity index (χ3v) is 4.93. The summed E-state index contributed by atoms with van der Waals surface area (Å²) >= 11 is 7.70. The molecule has 0 spiro atoms. The van der Waals surface area contributed by atoms with Crippen LogP contribution >= 0.6 is 23.4 Å². The van der Waals surface area contributed by atoms with Gasteiger partial charge in [-0.05, 0) is 30.2 Å². The lowest BCUT2D eigenvalue weighted by Crippen LogP contribution is -2.15. The van der Waals surface area contributed by atoms with Crippen molar-refractivity contribution in [1.82, 2.24) is 0 Å². The van der Waals surface area contributed by atoms with E-state index < -0.39 is 5.97 Å². The predicted octanol–water partition coefficient (Wildman–Crippen LogP) is 4.13. The highest BCUT2D eigenvalue weighted by atomic mass is 35.5. The maximum absolute atomic E-state index is 11.2. The van der Waals surface area contributed by atoms with Crippen LogP contribution in [0.3, 0.4) is 0 Å². The number of carboxylic acid groups (broad SMARTS) is 1. The molecule has 2 aromatic carbocycles. The first-order valence-electron chi connectivity index (χ1n) is 6.54. The first kappa shape index (κ1) is 14.3. The van der Waals surface area contributed by atoms with Gasteiger partial charge in [0.05, 0.1) is 5.02 Å². The second kappa shape index (κ2) is 6.00. The Morgan fingerprint density at radius 1 is 1.29 bits per heavy atom. The van der Waals surface area contributed by atoms with Crippen molar-refractivity contribution < 1.29 is 14.6 Å². The fraction of sp³-hybridized carbons (Fsp3) is 0.188. The maximum atomic E-state index is 11.2. The molecular formula is C16H13ClO3S. The highest BCUT2D eigenvalue weighted by molar-refractivity contribution is 8.00. The standard InChI is InChI=1S/C16H13ClO3S/c17-12-5-3-6-13(15(12)16(18)19)20-9-11-8-10-4-1-2-7-14(10)21-11/h1-7,11H,8-9H2,(H,18,19). The first-order valence-corrected chi connectivity index (χ1v) is 7.80. The molecule has 3 nitrogen and oxygen atoms in total. The molecule has 0 bridgehead atoms. The minimum absolute atomic E-state index is 0.0275. The predicted molar refractivity (Wildman–Crippen MR) is 83.7 cm³/mol. The molecule has 0 saturated carbocycles. The molecule has 1 atom stereocenters. The number of thioether (sulfide) groups is 1. The molecular weight excluding hydrogens is 308 g/mol. The average Bonchev–Trinajstić information content (AvgIpc) is 2.87. The van der Waals surface area contributed by atoms with Crippen LogP contribution < -0.4 is 4.74 Å². The van der Waals surface area contributed by atoms with Crippen LogP contribution in [-0.2, 0) is 6.42 Å². The molecule has 0 saturated heterocycles. The van der Waals surface area contributed by atoms with Crippen LogP contribution in [0, 0.1) is 0 Å². The fourth-order valence-electron chi connectivity index (χ4n) is 2.36. The van der Waals surface area contributed by atoms with E-state index in [4.69, 9.17) is 16.3 Å². The molecule has 1 unspecified atom stereocenters. The van der Waals surface area contributed by atoms with Crippen LogP contribution in [0.1, 0.15) is 15.9 Å². The van der Waals surface area contributed by atoms with Gasteiger partial charge in [0.25, 0.3) is 0 Å². The zero-order valence-electron chi connectivity index (χ0n) is 11.1. The minimum atomic E-state index is -1.07. The highest BCUT2D eigenvalue weighted by Gasteiger charge is 2.23. The van der Waals surface area contributed by atoms with Crippen molar-refractivity contribution in [3.05, 3.63) is 58.6 Å². The molecule has 21 heavy (non-hydrogen) atoms. The Labute approximate surface area is 131 Å². The number of aromatic carboxylic acids is 1. The topological polar surface area (TPSA) is 46.5 Å². The van der Waals surface area contributed by atoms with E-state index >= 15 is 0 Å². The summed E-state index contributed by atoms with van der Waals surface area (Å²) in [6.07, 6.45) is 0.934. The van der Waals surface area contributed by atoms with Crippen LogP contribution in [0.2, 0.25) is 5.02 Å². The Balaban J connectivity index is 1.70. The van der Waals surface area contributed by atoms with E-state index in [1.807, 2.05) is 12.1 Å². The van der Waals surface area contributed by atoms with Crippen molar-refractivity contribution in [2.45, 2.75) is 16.6 Å². The van der Waals surface area contributed by atoms with Crippen LogP contribution in [0.5, 0.6) is 5.75 Å². The van der Waals surface area contributed by atoms with E-state index in [2.05, 4.69) is 12.1 Å². The number of hydrogen-bond acceptors (Lipinski definition) is 3. The van der Waals surface area contributed by atoms with Gasteiger partial charge in [0.1, 0.15) is 17.9 Å². The summed E-state index contributed by atoms with van der Waals surface area (Å²) in [4.78, 5) is 12.5. The van der Waals surface area contributed by atoms with E-state index in [1.54, 1.807) is 30.0 Å². The second-order valence-corrected chi connectivity index (χ2v) is 6.53. The van der Waals surface area contributed by atoms with Gasteiger partial charge in [-0.1, -0.05) is 35.9 Å². The summed E-state index contributed by atoms with van der Waals surface area (Å²) in [6, 6.07) is 13.2. The van der Waals surface area contributed by atoms with Gasteiger partial charge in [-0.2, -0.15) is 0 Å². The zero-order valence-corrected chi connectivity index (χ0v) is 12.7. The Hall–Kier alpha value is -1.65. The van der Waals surface area contributed by atoms with Crippen molar-refractivity contribution >= 4 is 29.3 Å². The number of halogens is 1. The lowest BCUT2D eigenvalue weighted by atomic mass is 10.1. The number of carbonyl (C=O) groups is 1. The molecule has 1 N–H and O–H groups in total. The molecule has 2 aromatic rings. The molecule has 0 aliphatic carbocycles. The summed E-state index contributed by atoms with van der Waals surface area (Å²) < 4.78 is 5.71. The largest absolute Gasteiger partial charge is 0.491 e. The minimum Gasteiger partial charge on any atom is -0.491 e. The first-order chi connectivity index (χ1) is 10.1. The third kappa shape index (κ3) is 3.01. The van der Waals surface area contributed by atoms with Gasteiger partial charge >= 0.3 is 5.97 Å². The van der Waals surface area contributed by atoms with E-state index in [-0.39, 0.29) is 10.6 Å². The van der Waals surface area contributed by atoms with Crippen LogP contribution in [0.25, 0.3) is 0 Å². The van der Waals surface area contributed by atoms with Gasteiger partial charge in [-0.25, -0.2) is 4.79 Å². The lowest BCUT2D eigenvalue weighted by Gasteiger charge is -2.13. The molecule has 1 aliphatic rings. The number of rotatable bonds is 4. The monoisotopic (exact) mass is 320 g/mol. The van der Waals surface area contributed by atoms with Gasteiger partial charge in [-0.3, -0.25) is 0 Å². The Kier molecular flexibility index (Phi) is 4.08. The maximum Gasteiger partial charge on any atom is 0.341 e. The SMILES string of the molecule is O=C(O)c1c(Cl)cccc1OCC1Cc2ccccc2S1. The van der Waals surface area contributed by atoms with E-state index in [1.165, 1.54) is 10.5 Å². The van der Waals surface area contributed by atoms with Crippen molar-refractivity contribution in [2.24, 2.45) is 0 Å². The van der Waals surface area contributed by atoms with Crippen molar-refractivity contribution in [1.29, 1.82) is 0 Å².